The van der Waals surface area contributed by atoms with Gasteiger partial charge in [0, 0.05) is 6.54 Å². The van der Waals surface area contributed by atoms with Crippen LogP contribution in [0.25, 0.3) is 0 Å². The van der Waals surface area contributed by atoms with Gasteiger partial charge in [0.2, 0.25) is 0 Å². The van der Waals surface area contributed by atoms with E-state index in [0.29, 0.717) is 18.9 Å². The molecule has 5 rings (SSSR count). The topological polar surface area (TPSA) is 116 Å². The van der Waals surface area contributed by atoms with E-state index in [2.05, 4.69) is 10.2 Å². The van der Waals surface area contributed by atoms with Gasteiger partial charge in [0.25, 0.3) is 10.1 Å². The third-order valence-corrected chi connectivity index (χ3v) is 8.48. The standard InChI is InChI=1S/C25H28F3N3O3.C6H6O3S/c1-16-23(19-5-8-21(27)22(28)15-19)31(25(33)34-16)24(32)29-11-2-12-30-13-9-18(10-14-30)17-3-6-20(26)7-4-17;7-10(8,9)6-4-2-1-3-5-6/h3-8,15-16,18,23H,2,9-14H2,1H3,(H,29,32);1-5H,(H,7,8,9)/t16-,23+;/m0./s1. The van der Waals surface area contributed by atoms with Gasteiger partial charge in [0.1, 0.15) is 18.0 Å². The molecule has 236 valence electrons. The molecule has 9 nitrogen and oxygen atoms in total. The van der Waals surface area contributed by atoms with E-state index >= 15 is 0 Å². The number of cyclic esters (lactones) is 1. The van der Waals surface area contributed by atoms with Gasteiger partial charge in [-0.1, -0.05) is 36.4 Å². The van der Waals surface area contributed by atoms with E-state index in [0.717, 1.165) is 55.1 Å². The fraction of sp³-hybridized carbons (Fsp3) is 0.355. The summed E-state index contributed by atoms with van der Waals surface area (Å²) in [6.45, 7) is 4.60. The molecular formula is C31H34F3N3O6S. The second kappa shape index (κ2) is 14.7. The zero-order valence-corrected chi connectivity index (χ0v) is 24.9. The van der Waals surface area contributed by atoms with Crippen molar-refractivity contribution < 1.29 is 40.5 Å². The number of halogens is 3. The lowest BCUT2D eigenvalue weighted by Crippen LogP contribution is -2.43. The first-order valence-electron chi connectivity index (χ1n) is 14.2. The molecule has 3 amide bonds. The fourth-order valence-electron chi connectivity index (χ4n) is 5.33. The molecule has 0 saturated carbocycles. The van der Waals surface area contributed by atoms with Crippen LogP contribution < -0.4 is 5.32 Å². The minimum atomic E-state index is -4.00. The minimum absolute atomic E-state index is 0.0741. The molecule has 13 heteroatoms. The summed E-state index contributed by atoms with van der Waals surface area (Å²) >= 11 is 0. The molecule has 2 heterocycles. The second-order valence-corrected chi connectivity index (χ2v) is 12.0. The Morgan fingerprint density at radius 1 is 0.955 bits per heavy atom. The Morgan fingerprint density at radius 3 is 2.18 bits per heavy atom. The van der Waals surface area contributed by atoms with Crippen LogP contribution in [0.1, 0.15) is 49.3 Å². The number of hydrogen-bond donors (Lipinski definition) is 2. The van der Waals surface area contributed by atoms with Gasteiger partial charge in [0.15, 0.2) is 11.6 Å². The zero-order valence-electron chi connectivity index (χ0n) is 24.0. The number of nitrogens with zero attached hydrogens (tertiary/aromatic N) is 2. The highest BCUT2D eigenvalue weighted by Gasteiger charge is 2.44. The maximum Gasteiger partial charge on any atom is 0.419 e. The Hall–Kier alpha value is -3.94. The predicted octanol–water partition coefficient (Wildman–Crippen LogP) is 5.90. The molecule has 2 fully saturated rings. The summed E-state index contributed by atoms with van der Waals surface area (Å²) in [7, 11) is -4.00. The molecule has 0 aromatic heterocycles. The van der Waals surface area contributed by atoms with Crippen LogP contribution in [0.4, 0.5) is 22.8 Å². The van der Waals surface area contributed by atoms with Crippen molar-refractivity contribution in [1.29, 1.82) is 0 Å². The summed E-state index contributed by atoms with van der Waals surface area (Å²) < 4.78 is 74.6. The molecule has 0 unspecified atom stereocenters. The molecule has 3 aromatic rings. The lowest BCUT2D eigenvalue weighted by atomic mass is 9.89. The van der Waals surface area contributed by atoms with Crippen LogP contribution in [0, 0.1) is 17.5 Å². The normalized spacial score (nSPS) is 19.2. The first-order valence-corrected chi connectivity index (χ1v) is 15.6. The number of ether oxygens (including phenoxy) is 1. The fourth-order valence-corrected chi connectivity index (χ4v) is 5.83. The largest absolute Gasteiger partial charge is 0.443 e. The van der Waals surface area contributed by atoms with Crippen LogP contribution in [-0.4, -0.2) is 67.2 Å². The zero-order chi connectivity index (χ0) is 31.9. The van der Waals surface area contributed by atoms with Crippen LogP contribution in [-0.2, 0) is 14.9 Å². The number of imide groups is 1. The molecule has 44 heavy (non-hydrogen) atoms. The van der Waals surface area contributed by atoms with Gasteiger partial charge >= 0.3 is 12.1 Å². The maximum absolute atomic E-state index is 13.7. The predicted molar refractivity (Wildman–Crippen MR) is 156 cm³/mol. The number of hydrogen-bond acceptors (Lipinski definition) is 6. The Morgan fingerprint density at radius 2 is 1.59 bits per heavy atom. The van der Waals surface area contributed by atoms with Crippen molar-refractivity contribution in [2.75, 3.05) is 26.2 Å². The van der Waals surface area contributed by atoms with Crippen LogP contribution in [0.2, 0.25) is 0 Å². The highest BCUT2D eigenvalue weighted by atomic mass is 32.2. The van der Waals surface area contributed by atoms with Gasteiger partial charge in [0.05, 0.1) is 4.90 Å². The highest BCUT2D eigenvalue weighted by Crippen LogP contribution is 2.34. The van der Waals surface area contributed by atoms with E-state index in [9.17, 15) is 31.2 Å². The molecular weight excluding hydrogens is 599 g/mol. The quantitative estimate of drug-likeness (QED) is 0.246. The number of carbonyl (C=O) groups is 2. The Kier molecular flexibility index (Phi) is 11.0. The summed E-state index contributed by atoms with van der Waals surface area (Å²) in [4.78, 5) is 28.1. The summed E-state index contributed by atoms with van der Waals surface area (Å²) in [5.74, 6) is -1.85. The van der Waals surface area contributed by atoms with E-state index < -0.39 is 46.0 Å². The number of benzene rings is 3. The van der Waals surface area contributed by atoms with Gasteiger partial charge in [-0.15, -0.1) is 0 Å². The molecule has 0 radical (unpaired) electrons. The molecule has 0 aliphatic carbocycles. The molecule has 2 aliphatic rings. The van der Waals surface area contributed by atoms with Crippen molar-refractivity contribution in [3.8, 4) is 0 Å². The van der Waals surface area contributed by atoms with Crippen molar-refractivity contribution in [3.05, 3.63) is 101 Å². The van der Waals surface area contributed by atoms with Crippen molar-refractivity contribution in [2.24, 2.45) is 0 Å². The molecule has 0 bridgehead atoms. The van der Waals surface area contributed by atoms with Crippen molar-refractivity contribution >= 4 is 22.2 Å². The molecule has 3 aromatic carbocycles. The summed E-state index contributed by atoms with van der Waals surface area (Å²) in [6, 6.07) is 15.9. The number of piperidine rings is 1. The smallest absolute Gasteiger partial charge is 0.419 e. The third-order valence-electron chi connectivity index (χ3n) is 7.61. The average molecular weight is 634 g/mol. The van der Waals surface area contributed by atoms with E-state index in [4.69, 9.17) is 9.29 Å². The number of amides is 3. The number of nitrogens with one attached hydrogen (secondary N) is 1. The van der Waals surface area contributed by atoms with Crippen LogP contribution in [0.3, 0.4) is 0 Å². The molecule has 2 N–H and O–H groups in total. The maximum atomic E-state index is 13.7. The first-order chi connectivity index (χ1) is 20.9. The van der Waals surface area contributed by atoms with Crippen molar-refractivity contribution in [1.82, 2.24) is 15.1 Å². The minimum Gasteiger partial charge on any atom is -0.443 e. The van der Waals surface area contributed by atoms with E-state index in [1.165, 1.54) is 30.3 Å². The summed E-state index contributed by atoms with van der Waals surface area (Å²) in [5.41, 5.74) is 1.45. The van der Waals surface area contributed by atoms with Gasteiger partial charge in [-0.05, 0) is 99.3 Å². The van der Waals surface area contributed by atoms with Gasteiger partial charge in [-0.25, -0.2) is 27.7 Å². The Labute approximate surface area is 254 Å². The third kappa shape index (κ3) is 8.58. The molecule has 2 aliphatic heterocycles. The Balaban J connectivity index is 0.000000375. The van der Waals surface area contributed by atoms with Gasteiger partial charge in [-0.3, -0.25) is 4.55 Å². The SMILES string of the molecule is C[C@@H]1OC(=O)N(C(=O)NCCCN2CCC(c3ccc(F)cc3)CC2)[C@H]1c1ccc(F)c(F)c1.O=S(=O)(O)c1ccccc1. The second-order valence-electron chi connectivity index (χ2n) is 10.6. The van der Waals surface area contributed by atoms with E-state index in [1.807, 2.05) is 12.1 Å². The lowest BCUT2D eigenvalue weighted by Gasteiger charge is -2.32. The van der Waals surface area contributed by atoms with Crippen LogP contribution in [0.15, 0.2) is 77.7 Å². The Bertz CT molecular complexity index is 1530. The van der Waals surface area contributed by atoms with Gasteiger partial charge in [-0.2, -0.15) is 8.42 Å². The number of carbonyl (C=O) groups excluding carboxylic acids is 2. The van der Waals surface area contributed by atoms with E-state index in [1.54, 1.807) is 25.1 Å². The van der Waals surface area contributed by atoms with Crippen molar-refractivity contribution in [2.45, 2.75) is 49.1 Å². The monoisotopic (exact) mass is 633 g/mol. The van der Waals surface area contributed by atoms with Crippen LogP contribution >= 0.6 is 0 Å². The first kappa shape index (κ1) is 33.0. The highest BCUT2D eigenvalue weighted by molar-refractivity contribution is 7.85. The number of likely N-dealkylation sites (tertiary alicyclic amines) is 1. The number of rotatable bonds is 7. The summed E-state index contributed by atoms with van der Waals surface area (Å²) in [6.07, 6.45) is 1.17. The average Bonchev–Trinajstić information content (AvgIpc) is 3.31. The number of urea groups is 1. The van der Waals surface area contributed by atoms with Gasteiger partial charge < -0.3 is 15.0 Å². The molecule has 2 saturated heterocycles. The summed E-state index contributed by atoms with van der Waals surface area (Å²) in [5, 5.41) is 2.74. The van der Waals surface area contributed by atoms with E-state index in [-0.39, 0.29) is 16.3 Å². The molecule has 0 spiro atoms. The molecule has 2 atom stereocenters. The van der Waals surface area contributed by atoms with Crippen molar-refractivity contribution in [3.63, 3.8) is 0 Å². The van der Waals surface area contributed by atoms with Crippen LogP contribution in [0.5, 0.6) is 0 Å². The lowest BCUT2D eigenvalue weighted by molar-refractivity contribution is 0.137.